The first-order valence-corrected chi connectivity index (χ1v) is 6.04. The number of anilines is 1. The van der Waals surface area contributed by atoms with Crippen molar-refractivity contribution in [1.82, 2.24) is 10.2 Å². The number of aromatic nitrogens is 2. The van der Waals surface area contributed by atoms with E-state index in [1.807, 2.05) is 0 Å². The number of nitrogens with zero attached hydrogens (tertiary/aromatic N) is 1. The van der Waals surface area contributed by atoms with Crippen LogP contribution in [0, 0.1) is 5.92 Å². The lowest BCUT2D eigenvalue weighted by Crippen LogP contribution is -2.19. The molecule has 0 amide bonds. The first kappa shape index (κ1) is 11.5. The molecule has 0 radical (unpaired) electrons. The highest BCUT2D eigenvalue weighted by Gasteiger charge is 2.21. The van der Waals surface area contributed by atoms with E-state index in [1.54, 1.807) is 6.20 Å². The zero-order chi connectivity index (χ0) is 11.5. The monoisotopic (exact) mass is 241 g/mol. The maximum atomic E-state index is 11.2. The van der Waals surface area contributed by atoms with E-state index in [9.17, 15) is 4.79 Å². The fraction of sp³-hybridized carbons (Fsp3) is 0.636. The van der Waals surface area contributed by atoms with Crippen molar-refractivity contribution < 1.29 is 0 Å². The summed E-state index contributed by atoms with van der Waals surface area (Å²) < 4.78 is 0. The van der Waals surface area contributed by atoms with E-state index in [-0.39, 0.29) is 10.6 Å². The second kappa shape index (κ2) is 4.87. The van der Waals surface area contributed by atoms with Crippen molar-refractivity contribution in [3.05, 3.63) is 21.6 Å². The van der Waals surface area contributed by atoms with Crippen molar-refractivity contribution in [1.29, 1.82) is 0 Å². The molecule has 1 unspecified atom stereocenters. The topological polar surface area (TPSA) is 57.8 Å². The molecule has 2 rings (SSSR count). The Kier molecular flexibility index (Phi) is 3.49. The molecule has 4 nitrogen and oxygen atoms in total. The van der Waals surface area contributed by atoms with Gasteiger partial charge < -0.3 is 5.32 Å². The van der Waals surface area contributed by atoms with Crippen LogP contribution in [0.5, 0.6) is 0 Å². The molecule has 88 valence electrons. The van der Waals surface area contributed by atoms with E-state index in [0.717, 1.165) is 12.3 Å². The van der Waals surface area contributed by atoms with Crippen molar-refractivity contribution in [3.8, 4) is 0 Å². The zero-order valence-corrected chi connectivity index (χ0v) is 10.0. The molecule has 1 fully saturated rings. The van der Waals surface area contributed by atoms with Gasteiger partial charge in [0.25, 0.3) is 5.56 Å². The standard InChI is InChI=1S/C11H16ClN3O/c1-7(2-3-8-4-5-8)14-9-6-13-15-11(16)10(9)12/h6-8H,2-5H2,1H3,(H2,14,15,16). The molecule has 1 aliphatic rings. The lowest BCUT2D eigenvalue weighted by molar-refractivity contribution is 0.610. The highest BCUT2D eigenvalue weighted by Crippen LogP contribution is 2.34. The summed E-state index contributed by atoms with van der Waals surface area (Å²) >= 11 is 5.87. The first-order chi connectivity index (χ1) is 7.66. The third-order valence-electron chi connectivity index (χ3n) is 2.90. The fourth-order valence-corrected chi connectivity index (χ4v) is 1.86. The summed E-state index contributed by atoms with van der Waals surface area (Å²) in [7, 11) is 0. The van der Waals surface area contributed by atoms with E-state index in [4.69, 9.17) is 11.6 Å². The zero-order valence-electron chi connectivity index (χ0n) is 9.29. The van der Waals surface area contributed by atoms with Gasteiger partial charge in [-0.15, -0.1) is 0 Å². The van der Waals surface area contributed by atoms with Crippen LogP contribution in [0.1, 0.15) is 32.6 Å². The Morgan fingerprint density at radius 1 is 1.69 bits per heavy atom. The predicted octanol–water partition coefficient (Wildman–Crippen LogP) is 2.41. The molecule has 1 saturated carbocycles. The number of rotatable bonds is 5. The Bertz CT molecular complexity index is 414. The van der Waals surface area contributed by atoms with E-state index in [0.29, 0.717) is 11.7 Å². The second-order valence-electron chi connectivity index (χ2n) is 4.49. The third kappa shape index (κ3) is 2.98. The van der Waals surface area contributed by atoms with Gasteiger partial charge in [-0.05, 0) is 25.7 Å². The Morgan fingerprint density at radius 2 is 2.44 bits per heavy atom. The van der Waals surface area contributed by atoms with Gasteiger partial charge in [0.2, 0.25) is 0 Å². The minimum absolute atomic E-state index is 0.188. The molecule has 1 heterocycles. The summed E-state index contributed by atoms with van der Waals surface area (Å²) in [6.07, 6.45) is 6.66. The number of halogens is 1. The molecular formula is C11H16ClN3O. The van der Waals surface area contributed by atoms with Crippen LogP contribution in [0.25, 0.3) is 0 Å². The Hall–Kier alpha value is -1.03. The van der Waals surface area contributed by atoms with Crippen LogP contribution in [-0.2, 0) is 0 Å². The van der Waals surface area contributed by atoms with Gasteiger partial charge in [0, 0.05) is 6.04 Å². The van der Waals surface area contributed by atoms with Gasteiger partial charge in [0.05, 0.1) is 11.9 Å². The van der Waals surface area contributed by atoms with Gasteiger partial charge >= 0.3 is 0 Å². The molecule has 0 aromatic carbocycles. The van der Waals surface area contributed by atoms with Crippen LogP contribution in [0.4, 0.5) is 5.69 Å². The molecule has 1 aromatic rings. The van der Waals surface area contributed by atoms with Gasteiger partial charge in [-0.25, -0.2) is 5.10 Å². The normalized spacial score (nSPS) is 17.1. The fourth-order valence-electron chi connectivity index (χ4n) is 1.71. The molecule has 1 aromatic heterocycles. The van der Waals surface area contributed by atoms with Crippen LogP contribution >= 0.6 is 11.6 Å². The maximum absolute atomic E-state index is 11.2. The summed E-state index contributed by atoms with van der Waals surface area (Å²) in [6.45, 7) is 2.10. The Morgan fingerprint density at radius 3 is 3.12 bits per heavy atom. The quantitative estimate of drug-likeness (QED) is 0.832. The van der Waals surface area contributed by atoms with Gasteiger partial charge in [0.1, 0.15) is 5.02 Å². The lowest BCUT2D eigenvalue weighted by atomic mass is 10.1. The van der Waals surface area contributed by atoms with Gasteiger partial charge in [-0.2, -0.15) is 5.10 Å². The summed E-state index contributed by atoms with van der Waals surface area (Å²) in [5.74, 6) is 0.928. The van der Waals surface area contributed by atoms with Crippen LogP contribution in [0.15, 0.2) is 11.0 Å². The largest absolute Gasteiger partial charge is 0.380 e. The molecule has 0 saturated heterocycles. The summed E-state index contributed by atoms with van der Waals surface area (Å²) in [4.78, 5) is 11.2. The van der Waals surface area contributed by atoms with E-state index in [2.05, 4.69) is 22.4 Å². The van der Waals surface area contributed by atoms with Gasteiger partial charge in [0.15, 0.2) is 0 Å². The minimum Gasteiger partial charge on any atom is -0.380 e. The second-order valence-corrected chi connectivity index (χ2v) is 4.87. The highest BCUT2D eigenvalue weighted by atomic mass is 35.5. The molecule has 5 heteroatoms. The van der Waals surface area contributed by atoms with Crippen LogP contribution in [0.2, 0.25) is 5.02 Å². The van der Waals surface area contributed by atoms with E-state index >= 15 is 0 Å². The summed E-state index contributed by atoms with van der Waals surface area (Å²) in [5, 5.41) is 9.43. The molecule has 0 bridgehead atoms. The number of hydrogen-bond acceptors (Lipinski definition) is 3. The maximum Gasteiger partial charge on any atom is 0.285 e. The number of nitrogens with one attached hydrogen (secondary N) is 2. The smallest absolute Gasteiger partial charge is 0.285 e. The lowest BCUT2D eigenvalue weighted by Gasteiger charge is -2.15. The number of aromatic amines is 1. The van der Waals surface area contributed by atoms with Crippen LogP contribution in [0.3, 0.4) is 0 Å². The van der Waals surface area contributed by atoms with Crippen LogP contribution < -0.4 is 10.9 Å². The summed E-state index contributed by atoms with van der Waals surface area (Å²) in [6, 6.07) is 0.321. The van der Waals surface area contributed by atoms with Crippen molar-refractivity contribution in [2.75, 3.05) is 5.32 Å². The van der Waals surface area contributed by atoms with Crippen molar-refractivity contribution in [2.24, 2.45) is 5.92 Å². The van der Waals surface area contributed by atoms with Crippen molar-refractivity contribution in [3.63, 3.8) is 0 Å². The predicted molar refractivity (Wildman–Crippen MR) is 64.9 cm³/mol. The van der Waals surface area contributed by atoms with Crippen molar-refractivity contribution >= 4 is 17.3 Å². The molecule has 0 spiro atoms. The third-order valence-corrected chi connectivity index (χ3v) is 3.28. The molecule has 1 atom stereocenters. The van der Waals surface area contributed by atoms with Gasteiger partial charge in [-0.3, -0.25) is 4.79 Å². The average molecular weight is 242 g/mol. The molecule has 1 aliphatic carbocycles. The first-order valence-electron chi connectivity index (χ1n) is 5.66. The SMILES string of the molecule is CC(CCC1CC1)Nc1cn[nH]c(=O)c1Cl. The molecular weight excluding hydrogens is 226 g/mol. The Labute approximate surface area is 99.4 Å². The number of hydrogen-bond donors (Lipinski definition) is 2. The van der Waals surface area contributed by atoms with Gasteiger partial charge in [-0.1, -0.05) is 24.4 Å². The average Bonchev–Trinajstić information content (AvgIpc) is 3.06. The Balaban J connectivity index is 1.91. The van der Waals surface area contributed by atoms with Crippen LogP contribution in [-0.4, -0.2) is 16.2 Å². The van der Waals surface area contributed by atoms with Crippen molar-refractivity contribution in [2.45, 2.75) is 38.6 Å². The number of H-pyrrole nitrogens is 1. The highest BCUT2D eigenvalue weighted by molar-refractivity contribution is 6.32. The van der Waals surface area contributed by atoms with E-state index < -0.39 is 0 Å². The molecule has 0 aliphatic heterocycles. The summed E-state index contributed by atoms with van der Waals surface area (Å²) in [5.41, 5.74) is 0.273. The molecule has 2 N–H and O–H groups in total. The van der Waals surface area contributed by atoms with E-state index in [1.165, 1.54) is 19.3 Å². The minimum atomic E-state index is -0.346. The molecule has 16 heavy (non-hydrogen) atoms.